The summed E-state index contributed by atoms with van der Waals surface area (Å²) in [7, 11) is 0. The van der Waals surface area contributed by atoms with Crippen molar-refractivity contribution in [3.05, 3.63) is 65.7 Å². The number of nitrogens with one attached hydrogen (secondary N) is 1. The maximum absolute atomic E-state index is 12.2. The molecule has 0 aromatic heterocycles. The zero-order chi connectivity index (χ0) is 14.8. The molecule has 106 valence electrons. The Kier molecular flexibility index (Phi) is 3.80. The van der Waals surface area contributed by atoms with Gasteiger partial charge in [0.25, 0.3) is 0 Å². The Bertz CT molecular complexity index is 684. The van der Waals surface area contributed by atoms with Crippen LogP contribution in [0, 0.1) is 6.92 Å². The highest BCUT2D eigenvalue weighted by molar-refractivity contribution is 8.00. The minimum Gasteiger partial charge on any atom is -0.295 e. The van der Waals surface area contributed by atoms with Gasteiger partial charge >= 0.3 is 0 Å². The Morgan fingerprint density at radius 1 is 0.905 bits per heavy atom. The van der Waals surface area contributed by atoms with Crippen molar-refractivity contribution in [2.75, 3.05) is 0 Å². The summed E-state index contributed by atoms with van der Waals surface area (Å²) < 4.78 is 0. The minimum atomic E-state index is -0.427. The van der Waals surface area contributed by atoms with Crippen molar-refractivity contribution in [2.45, 2.75) is 23.0 Å². The zero-order valence-corrected chi connectivity index (χ0v) is 12.4. The summed E-state index contributed by atoms with van der Waals surface area (Å²) in [6.07, 6.45) is 0. The van der Waals surface area contributed by atoms with Gasteiger partial charge < -0.3 is 0 Å². The van der Waals surface area contributed by atoms with E-state index in [1.807, 2.05) is 61.5 Å². The fourth-order valence-corrected chi connectivity index (χ4v) is 3.75. The summed E-state index contributed by atoms with van der Waals surface area (Å²) in [6, 6.07) is 17.4. The van der Waals surface area contributed by atoms with Crippen molar-refractivity contribution >= 4 is 23.6 Å². The quantitative estimate of drug-likeness (QED) is 0.886. The molecule has 1 heterocycles. The summed E-state index contributed by atoms with van der Waals surface area (Å²) >= 11 is 1.44. The normalized spacial score (nSPS) is 21.4. The molecule has 1 aliphatic rings. The van der Waals surface area contributed by atoms with Crippen molar-refractivity contribution < 1.29 is 9.59 Å². The van der Waals surface area contributed by atoms with E-state index in [2.05, 4.69) is 5.32 Å². The third kappa shape index (κ3) is 2.72. The smallest absolute Gasteiger partial charge is 0.241 e. The van der Waals surface area contributed by atoms with Gasteiger partial charge in [0.2, 0.25) is 11.8 Å². The van der Waals surface area contributed by atoms with E-state index in [0.717, 1.165) is 16.0 Å². The van der Waals surface area contributed by atoms with Crippen LogP contribution in [0.1, 0.15) is 17.0 Å². The Labute approximate surface area is 127 Å². The Balaban J connectivity index is 1.95. The molecule has 0 aliphatic carbocycles. The number of amides is 2. The molecule has 4 heteroatoms. The minimum absolute atomic E-state index is 0.206. The van der Waals surface area contributed by atoms with Gasteiger partial charge in [0.1, 0.15) is 5.25 Å². The lowest BCUT2D eigenvalue weighted by Crippen LogP contribution is -2.22. The highest BCUT2D eigenvalue weighted by Crippen LogP contribution is 2.38. The molecular formula is C17H15NO2S. The lowest BCUT2D eigenvalue weighted by atomic mass is 9.93. The molecule has 2 unspecified atom stereocenters. The van der Waals surface area contributed by atoms with Gasteiger partial charge in [-0.1, -0.05) is 42.5 Å². The van der Waals surface area contributed by atoms with Crippen LogP contribution >= 0.6 is 11.8 Å². The van der Waals surface area contributed by atoms with E-state index in [0.29, 0.717) is 0 Å². The number of imide groups is 1. The first-order chi connectivity index (χ1) is 10.2. The summed E-state index contributed by atoms with van der Waals surface area (Å²) in [5.74, 6) is -0.839. The maximum Gasteiger partial charge on any atom is 0.241 e. The van der Waals surface area contributed by atoms with E-state index in [9.17, 15) is 9.59 Å². The topological polar surface area (TPSA) is 46.2 Å². The standard InChI is InChI=1S/C17H15NO2S/c1-11-7-5-6-10-13(11)14-15(17(20)18-16(14)19)21-12-8-3-2-4-9-12/h2-10,14-15H,1H3,(H,18,19,20). The first kappa shape index (κ1) is 13.9. The molecule has 1 saturated heterocycles. The second-order valence-corrected chi connectivity index (χ2v) is 6.25. The molecule has 0 saturated carbocycles. The second-order valence-electron chi connectivity index (χ2n) is 5.04. The van der Waals surface area contributed by atoms with Gasteiger partial charge in [-0.2, -0.15) is 0 Å². The van der Waals surface area contributed by atoms with E-state index in [-0.39, 0.29) is 11.8 Å². The zero-order valence-electron chi connectivity index (χ0n) is 11.6. The van der Waals surface area contributed by atoms with Gasteiger partial charge in [0.05, 0.1) is 5.92 Å². The van der Waals surface area contributed by atoms with Crippen LogP contribution in [0.25, 0.3) is 0 Å². The summed E-state index contributed by atoms with van der Waals surface area (Å²) in [5, 5.41) is 2.05. The third-order valence-electron chi connectivity index (χ3n) is 3.62. The van der Waals surface area contributed by atoms with E-state index in [4.69, 9.17) is 0 Å². The number of carbonyl (C=O) groups excluding carboxylic acids is 2. The van der Waals surface area contributed by atoms with Gasteiger partial charge in [-0.3, -0.25) is 14.9 Å². The predicted octanol–water partition coefficient (Wildman–Crippen LogP) is 2.90. The SMILES string of the molecule is Cc1ccccc1C1C(=O)NC(=O)C1Sc1ccccc1. The molecule has 2 atom stereocenters. The van der Waals surface area contributed by atoms with E-state index >= 15 is 0 Å². The average Bonchev–Trinajstić information content (AvgIpc) is 2.75. The average molecular weight is 297 g/mol. The third-order valence-corrected chi connectivity index (χ3v) is 4.90. The molecule has 1 aliphatic heterocycles. The number of rotatable bonds is 3. The Hall–Kier alpha value is -2.07. The number of benzene rings is 2. The van der Waals surface area contributed by atoms with Crippen LogP contribution in [-0.2, 0) is 9.59 Å². The van der Waals surface area contributed by atoms with Gasteiger partial charge in [-0.25, -0.2) is 0 Å². The van der Waals surface area contributed by atoms with Crippen molar-refractivity contribution in [2.24, 2.45) is 0 Å². The highest BCUT2D eigenvalue weighted by atomic mass is 32.2. The second kappa shape index (κ2) is 5.74. The van der Waals surface area contributed by atoms with E-state index < -0.39 is 11.2 Å². The molecule has 1 N–H and O–H groups in total. The molecule has 1 fully saturated rings. The Morgan fingerprint density at radius 3 is 2.29 bits per heavy atom. The van der Waals surface area contributed by atoms with E-state index in [1.54, 1.807) is 0 Å². The van der Waals surface area contributed by atoms with Crippen molar-refractivity contribution in [1.82, 2.24) is 5.32 Å². The lowest BCUT2D eigenvalue weighted by molar-refractivity contribution is -0.125. The van der Waals surface area contributed by atoms with Crippen LogP contribution < -0.4 is 5.32 Å². The molecular weight excluding hydrogens is 282 g/mol. The molecule has 2 amide bonds. The monoisotopic (exact) mass is 297 g/mol. The molecule has 21 heavy (non-hydrogen) atoms. The summed E-state index contributed by atoms with van der Waals surface area (Å²) in [5.41, 5.74) is 1.96. The predicted molar refractivity (Wildman–Crippen MR) is 83.2 cm³/mol. The molecule has 0 bridgehead atoms. The Morgan fingerprint density at radius 2 is 1.57 bits per heavy atom. The number of aryl methyl sites for hydroxylation is 1. The lowest BCUT2D eigenvalue weighted by Gasteiger charge is -2.17. The van der Waals surface area contributed by atoms with Crippen molar-refractivity contribution in [3.8, 4) is 0 Å². The van der Waals surface area contributed by atoms with Crippen molar-refractivity contribution in [3.63, 3.8) is 0 Å². The molecule has 2 aromatic carbocycles. The van der Waals surface area contributed by atoms with Crippen LogP contribution in [-0.4, -0.2) is 17.1 Å². The molecule has 0 spiro atoms. The van der Waals surface area contributed by atoms with Crippen molar-refractivity contribution in [1.29, 1.82) is 0 Å². The van der Waals surface area contributed by atoms with Crippen LogP contribution in [0.2, 0.25) is 0 Å². The number of carbonyl (C=O) groups is 2. The molecule has 3 nitrogen and oxygen atoms in total. The first-order valence-electron chi connectivity index (χ1n) is 6.79. The number of thioether (sulfide) groups is 1. The summed E-state index contributed by atoms with van der Waals surface area (Å²) in [6.45, 7) is 1.97. The molecule has 3 rings (SSSR count). The largest absolute Gasteiger partial charge is 0.295 e. The van der Waals surface area contributed by atoms with Crippen LogP contribution in [0.15, 0.2) is 59.5 Å². The fraction of sp³-hybridized carbons (Fsp3) is 0.176. The van der Waals surface area contributed by atoms with Gasteiger partial charge in [0, 0.05) is 4.90 Å². The molecule has 0 radical (unpaired) electrons. The maximum atomic E-state index is 12.2. The first-order valence-corrected chi connectivity index (χ1v) is 7.67. The van der Waals surface area contributed by atoms with E-state index in [1.165, 1.54) is 11.8 Å². The van der Waals surface area contributed by atoms with Gasteiger partial charge in [-0.15, -0.1) is 11.8 Å². The van der Waals surface area contributed by atoms with Crippen LogP contribution in [0.4, 0.5) is 0 Å². The number of hydrogen-bond donors (Lipinski definition) is 1. The molecule has 2 aromatic rings. The number of hydrogen-bond acceptors (Lipinski definition) is 3. The highest BCUT2D eigenvalue weighted by Gasteiger charge is 2.43. The van der Waals surface area contributed by atoms with Gasteiger partial charge in [0.15, 0.2) is 0 Å². The van der Waals surface area contributed by atoms with Gasteiger partial charge in [-0.05, 0) is 30.2 Å². The fourth-order valence-electron chi connectivity index (χ4n) is 2.57. The van der Waals surface area contributed by atoms with Crippen LogP contribution in [0.5, 0.6) is 0 Å². The summed E-state index contributed by atoms with van der Waals surface area (Å²) in [4.78, 5) is 25.3. The van der Waals surface area contributed by atoms with Crippen LogP contribution in [0.3, 0.4) is 0 Å².